The highest BCUT2D eigenvalue weighted by Gasteiger charge is 2.45. The average Bonchev–Trinajstić information content (AvgIpc) is 3.30. The summed E-state index contributed by atoms with van der Waals surface area (Å²) in [4.78, 5) is -0.228. The van der Waals surface area contributed by atoms with Crippen molar-refractivity contribution in [3.63, 3.8) is 0 Å². The molecule has 4 rings (SSSR count). The van der Waals surface area contributed by atoms with Gasteiger partial charge in [0.25, 0.3) is 0 Å². The molecular weight excluding hydrogens is 537 g/mol. The minimum atomic E-state index is -3.93. The monoisotopic (exact) mass is 571 g/mol. The van der Waals surface area contributed by atoms with Crippen LogP contribution in [0.1, 0.15) is 24.8 Å². The summed E-state index contributed by atoms with van der Waals surface area (Å²) in [5.41, 5.74) is 0.213. The molecule has 2 aromatic rings. The maximum absolute atomic E-state index is 14.3. The highest BCUT2D eigenvalue weighted by Crippen LogP contribution is 2.37. The lowest BCUT2D eigenvalue weighted by molar-refractivity contribution is -0.0312. The van der Waals surface area contributed by atoms with E-state index in [0.29, 0.717) is 37.2 Å². The summed E-state index contributed by atoms with van der Waals surface area (Å²) in [6.07, 6.45) is 0.814. The molecule has 1 unspecified atom stereocenters. The van der Waals surface area contributed by atoms with Gasteiger partial charge in [0, 0.05) is 31.7 Å². The summed E-state index contributed by atoms with van der Waals surface area (Å²) < 4.78 is 79.4. The zero-order chi connectivity index (χ0) is 27.6. The molecule has 2 saturated heterocycles. The van der Waals surface area contributed by atoms with Gasteiger partial charge in [-0.25, -0.2) is 25.9 Å². The molecule has 2 aliphatic heterocycles. The minimum absolute atomic E-state index is 0.0221. The third-order valence-corrected chi connectivity index (χ3v) is 10.3. The molecule has 10 nitrogen and oxygen atoms in total. The first-order valence-electron chi connectivity index (χ1n) is 12.4. The topological polar surface area (TPSA) is 134 Å². The fourth-order valence-electron chi connectivity index (χ4n) is 4.81. The molecule has 2 atom stereocenters. The van der Waals surface area contributed by atoms with Gasteiger partial charge in [-0.1, -0.05) is 12.1 Å². The summed E-state index contributed by atoms with van der Waals surface area (Å²) >= 11 is 0. The molecule has 1 spiro atoms. The molecule has 38 heavy (non-hydrogen) atoms. The number of rotatable bonds is 10. The van der Waals surface area contributed by atoms with E-state index in [1.807, 2.05) is 0 Å². The van der Waals surface area contributed by atoms with E-state index in [1.165, 1.54) is 41.7 Å². The molecular formula is C25H34FN3O7S2. The Morgan fingerprint density at radius 1 is 1.18 bits per heavy atom. The lowest BCUT2D eigenvalue weighted by Crippen LogP contribution is -2.47. The van der Waals surface area contributed by atoms with Crippen molar-refractivity contribution in [2.75, 3.05) is 39.9 Å². The van der Waals surface area contributed by atoms with Gasteiger partial charge < -0.3 is 19.9 Å². The first-order valence-corrected chi connectivity index (χ1v) is 15.3. The van der Waals surface area contributed by atoms with Crippen LogP contribution in [0.15, 0.2) is 52.3 Å². The Bertz CT molecular complexity index is 1350. The van der Waals surface area contributed by atoms with Crippen molar-refractivity contribution in [2.45, 2.75) is 53.7 Å². The number of nitrogens with one attached hydrogen (secondary N) is 2. The first kappa shape index (κ1) is 28.9. The van der Waals surface area contributed by atoms with Crippen molar-refractivity contribution in [1.82, 2.24) is 14.3 Å². The molecule has 2 aliphatic rings. The van der Waals surface area contributed by atoms with Gasteiger partial charge >= 0.3 is 0 Å². The Hall–Kier alpha value is -2.13. The van der Waals surface area contributed by atoms with E-state index in [0.717, 1.165) is 0 Å². The van der Waals surface area contributed by atoms with Gasteiger partial charge in [0.15, 0.2) is 0 Å². The molecule has 2 aromatic carbocycles. The highest BCUT2D eigenvalue weighted by molar-refractivity contribution is 7.89. The lowest BCUT2D eigenvalue weighted by atomic mass is 9.88. The van der Waals surface area contributed by atoms with Crippen LogP contribution in [0, 0.1) is 12.7 Å². The van der Waals surface area contributed by atoms with E-state index in [9.17, 15) is 26.3 Å². The second-order valence-electron chi connectivity index (χ2n) is 9.79. The molecule has 210 valence electrons. The predicted octanol–water partition coefficient (Wildman–Crippen LogP) is 1.38. The Balaban J connectivity index is 1.24. The molecule has 0 amide bonds. The maximum Gasteiger partial charge on any atom is 0.245 e. The van der Waals surface area contributed by atoms with Gasteiger partial charge in [0.2, 0.25) is 20.0 Å². The fourth-order valence-corrected chi connectivity index (χ4v) is 7.16. The van der Waals surface area contributed by atoms with Crippen molar-refractivity contribution < 1.29 is 35.8 Å². The summed E-state index contributed by atoms with van der Waals surface area (Å²) in [5.74, 6) is -0.425. The number of piperidine rings is 1. The summed E-state index contributed by atoms with van der Waals surface area (Å²) in [6, 6.07) is 10.1. The first-order chi connectivity index (χ1) is 17.9. The zero-order valence-electron chi connectivity index (χ0n) is 21.4. The van der Waals surface area contributed by atoms with Gasteiger partial charge in [-0.15, -0.1) is 0 Å². The van der Waals surface area contributed by atoms with Gasteiger partial charge in [-0.3, -0.25) is 0 Å². The van der Waals surface area contributed by atoms with E-state index in [-0.39, 0.29) is 42.1 Å². The predicted molar refractivity (Wildman–Crippen MR) is 138 cm³/mol. The molecule has 2 heterocycles. The number of ether oxygens (including phenoxy) is 2. The van der Waals surface area contributed by atoms with Crippen LogP contribution in [0.25, 0.3) is 0 Å². The molecule has 13 heteroatoms. The highest BCUT2D eigenvalue weighted by atomic mass is 32.2. The molecule has 0 saturated carbocycles. The number of sulfonamides is 2. The van der Waals surface area contributed by atoms with Crippen molar-refractivity contribution in [2.24, 2.45) is 0 Å². The summed E-state index contributed by atoms with van der Waals surface area (Å²) in [7, 11) is -6.20. The molecule has 3 N–H and O–H groups in total. The van der Waals surface area contributed by atoms with Gasteiger partial charge in [0.05, 0.1) is 17.1 Å². The van der Waals surface area contributed by atoms with E-state index in [2.05, 4.69) is 10.0 Å². The Kier molecular flexibility index (Phi) is 8.77. The Morgan fingerprint density at radius 2 is 1.92 bits per heavy atom. The average molecular weight is 572 g/mol. The van der Waals surface area contributed by atoms with E-state index in [4.69, 9.17) is 9.47 Å². The van der Waals surface area contributed by atoms with Gasteiger partial charge in [-0.2, -0.15) is 4.31 Å². The van der Waals surface area contributed by atoms with Crippen LogP contribution in [0.2, 0.25) is 0 Å². The van der Waals surface area contributed by atoms with Crippen LogP contribution in [-0.4, -0.2) is 83.9 Å². The van der Waals surface area contributed by atoms with Gasteiger partial charge in [-0.05, 0) is 63.1 Å². The second-order valence-corrected chi connectivity index (χ2v) is 13.6. The number of aryl methyl sites for hydroxylation is 1. The lowest BCUT2D eigenvalue weighted by Gasteiger charge is -2.38. The number of aliphatic hydroxyl groups excluding tert-OH is 1. The number of halogens is 1. The summed E-state index contributed by atoms with van der Waals surface area (Å²) in [6.45, 7) is 2.84. The number of benzene rings is 2. The number of hydrogen-bond donors (Lipinski definition) is 3. The Labute approximate surface area is 223 Å². The van der Waals surface area contributed by atoms with Crippen LogP contribution in [-0.2, 0) is 24.8 Å². The van der Waals surface area contributed by atoms with Crippen LogP contribution < -0.4 is 14.8 Å². The van der Waals surface area contributed by atoms with Crippen LogP contribution in [0.3, 0.4) is 0 Å². The molecule has 2 fully saturated rings. The van der Waals surface area contributed by atoms with E-state index >= 15 is 0 Å². The van der Waals surface area contributed by atoms with Crippen LogP contribution in [0.5, 0.6) is 5.75 Å². The largest absolute Gasteiger partial charge is 0.491 e. The number of hydrogen-bond acceptors (Lipinski definition) is 8. The standard InChI is InChI=1S/C25H34FN3O7S2/c1-18-6-7-23(26)24(12-18)38(33,34)29-10-8-25(9-11-29)14-19(16-36-25)28-15-20(30)17-35-21-4-3-5-22(13-21)37(31,32)27-2/h3-7,12-13,19-20,27-28,30H,8-11,14-17H2,1-2H3/t19?,20-/m0/s1. The van der Waals surface area contributed by atoms with Crippen molar-refractivity contribution in [1.29, 1.82) is 0 Å². The molecule has 0 radical (unpaired) electrons. The number of nitrogens with zero attached hydrogens (tertiary/aromatic N) is 1. The molecule has 0 aliphatic carbocycles. The quantitative estimate of drug-likeness (QED) is 0.390. The fraction of sp³-hybridized carbons (Fsp3) is 0.520. The van der Waals surface area contributed by atoms with E-state index < -0.39 is 37.6 Å². The Morgan fingerprint density at radius 3 is 2.63 bits per heavy atom. The molecule has 0 aromatic heterocycles. The third-order valence-electron chi connectivity index (χ3n) is 7.02. The smallest absolute Gasteiger partial charge is 0.245 e. The number of aliphatic hydroxyl groups is 1. The van der Waals surface area contributed by atoms with Crippen molar-refractivity contribution in [3.8, 4) is 5.75 Å². The minimum Gasteiger partial charge on any atom is -0.491 e. The normalized spacial score (nSPS) is 21.0. The molecule has 0 bridgehead atoms. The van der Waals surface area contributed by atoms with Crippen molar-refractivity contribution >= 4 is 20.0 Å². The van der Waals surface area contributed by atoms with Crippen LogP contribution in [0.4, 0.5) is 4.39 Å². The van der Waals surface area contributed by atoms with Gasteiger partial charge in [0.1, 0.15) is 29.2 Å². The SMILES string of the molecule is CNS(=O)(=O)c1cccc(OC[C@@H](O)CNC2COC3(CCN(S(=O)(=O)c4cc(C)ccc4F)CC3)C2)c1. The van der Waals surface area contributed by atoms with E-state index in [1.54, 1.807) is 19.1 Å². The van der Waals surface area contributed by atoms with Crippen LogP contribution >= 0.6 is 0 Å². The van der Waals surface area contributed by atoms with Crippen molar-refractivity contribution in [3.05, 3.63) is 53.8 Å². The maximum atomic E-state index is 14.3. The summed E-state index contributed by atoms with van der Waals surface area (Å²) in [5, 5.41) is 13.6. The zero-order valence-corrected chi connectivity index (χ0v) is 23.0. The third kappa shape index (κ3) is 6.53. The second kappa shape index (κ2) is 11.5.